The van der Waals surface area contributed by atoms with E-state index in [2.05, 4.69) is 10.3 Å². The number of amides is 1. The maximum atomic E-state index is 11.5. The number of carbonyl (C=O) groups excluding carboxylic acids is 1. The minimum atomic E-state index is -0.263. The molecule has 1 heterocycles. The van der Waals surface area contributed by atoms with Crippen molar-refractivity contribution in [1.29, 1.82) is 0 Å². The maximum absolute atomic E-state index is 11.5. The highest BCUT2D eigenvalue weighted by Crippen LogP contribution is 2.21. The Morgan fingerprint density at radius 3 is 3.11 bits per heavy atom. The van der Waals surface area contributed by atoms with Crippen LogP contribution in [0.15, 0.2) is 24.3 Å². The Kier molecular flexibility index (Phi) is 4.90. The van der Waals surface area contributed by atoms with E-state index in [0.29, 0.717) is 11.5 Å². The summed E-state index contributed by atoms with van der Waals surface area (Å²) in [6.07, 6.45) is 2.02. The predicted molar refractivity (Wildman–Crippen MR) is 73.2 cm³/mol. The summed E-state index contributed by atoms with van der Waals surface area (Å²) in [6.45, 7) is 3.18. The highest BCUT2D eigenvalue weighted by molar-refractivity contribution is 5.93. The summed E-state index contributed by atoms with van der Waals surface area (Å²) in [5.74, 6) is 5.47. The molecule has 0 radical (unpaired) electrons. The fourth-order valence-electron chi connectivity index (χ4n) is 2.63. The van der Waals surface area contributed by atoms with Gasteiger partial charge in [0, 0.05) is 25.3 Å². The van der Waals surface area contributed by atoms with Crippen molar-refractivity contribution >= 4 is 5.91 Å². The number of nitrogen functional groups attached to an aromatic ring is 1. The molecule has 1 unspecified atom stereocenters. The lowest BCUT2D eigenvalue weighted by atomic mass is 10.1. The zero-order valence-electron chi connectivity index (χ0n) is 11.0. The van der Waals surface area contributed by atoms with Gasteiger partial charge in [-0.3, -0.25) is 15.1 Å². The molecular weight excluding hydrogens is 242 g/mol. The van der Waals surface area contributed by atoms with Crippen molar-refractivity contribution in [2.75, 3.05) is 19.7 Å². The number of nitrogens with two attached hydrogens (primary N) is 1. The highest BCUT2D eigenvalue weighted by atomic mass is 16.3. The van der Waals surface area contributed by atoms with Gasteiger partial charge in [-0.1, -0.05) is 12.1 Å². The minimum absolute atomic E-state index is 0.263. The number of carbonyl (C=O) groups is 1. The van der Waals surface area contributed by atoms with E-state index in [0.717, 1.165) is 38.0 Å². The van der Waals surface area contributed by atoms with Gasteiger partial charge in [-0.25, -0.2) is 5.84 Å². The molecule has 19 heavy (non-hydrogen) atoms. The van der Waals surface area contributed by atoms with Crippen LogP contribution < -0.4 is 11.3 Å². The molecule has 1 saturated heterocycles. The maximum Gasteiger partial charge on any atom is 0.265 e. The van der Waals surface area contributed by atoms with Crippen molar-refractivity contribution < 1.29 is 9.90 Å². The number of aliphatic hydroxyl groups is 1. The number of aliphatic hydroxyl groups excluding tert-OH is 1. The molecule has 1 aromatic carbocycles. The van der Waals surface area contributed by atoms with Gasteiger partial charge in [0.05, 0.1) is 0 Å². The van der Waals surface area contributed by atoms with Crippen molar-refractivity contribution in [3.05, 3.63) is 35.4 Å². The van der Waals surface area contributed by atoms with Gasteiger partial charge in [-0.15, -0.1) is 0 Å². The van der Waals surface area contributed by atoms with Crippen LogP contribution in [0.25, 0.3) is 0 Å². The van der Waals surface area contributed by atoms with Crippen LogP contribution in [0.2, 0.25) is 0 Å². The molecule has 1 aliphatic rings. The minimum Gasteiger partial charge on any atom is -0.396 e. The largest absolute Gasteiger partial charge is 0.396 e. The van der Waals surface area contributed by atoms with E-state index in [9.17, 15) is 4.79 Å². The quantitative estimate of drug-likeness (QED) is 0.410. The van der Waals surface area contributed by atoms with Crippen LogP contribution in [0.3, 0.4) is 0 Å². The molecule has 0 aromatic heterocycles. The van der Waals surface area contributed by atoms with E-state index in [-0.39, 0.29) is 12.5 Å². The van der Waals surface area contributed by atoms with E-state index >= 15 is 0 Å². The number of nitrogens with one attached hydrogen (secondary N) is 1. The summed E-state index contributed by atoms with van der Waals surface area (Å²) in [4.78, 5) is 13.8. The Bertz CT molecular complexity index is 436. The third-order valence-electron chi connectivity index (χ3n) is 3.63. The van der Waals surface area contributed by atoms with E-state index in [1.165, 1.54) is 0 Å². The summed E-state index contributed by atoms with van der Waals surface area (Å²) < 4.78 is 0. The zero-order valence-corrected chi connectivity index (χ0v) is 11.0. The fraction of sp³-hybridized carbons (Fsp3) is 0.500. The van der Waals surface area contributed by atoms with Crippen LogP contribution in [0, 0.1) is 5.92 Å². The Labute approximate surface area is 113 Å². The molecule has 2 rings (SSSR count). The molecule has 5 heteroatoms. The first-order chi connectivity index (χ1) is 9.22. The molecule has 0 aliphatic carbocycles. The van der Waals surface area contributed by atoms with Gasteiger partial charge in [-0.2, -0.15) is 0 Å². The zero-order chi connectivity index (χ0) is 13.7. The second-order valence-electron chi connectivity index (χ2n) is 5.08. The Hall–Kier alpha value is -1.43. The number of hydrogen-bond acceptors (Lipinski definition) is 4. The van der Waals surface area contributed by atoms with Gasteiger partial charge >= 0.3 is 0 Å². The fourth-order valence-corrected chi connectivity index (χ4v) is 2.63. The van der Waals surface area contributed by atoms with Crippen LogP contribution in [-0.4, -0.2) is 35.6 Å². The van der Waals surface area contributed by atoms with Crippen molar-refractivity contribution in [1.82, 2.24) is 10.3 Å². The molecule has 4 N–H and O–H groups in total. The van der Waals surface area contributed by atoms with E-state index in [1.807, 2.05) is 18.2 Å². The van der Waals surface area contributed by atoms with Crippen LogP contribution in [0.1, 0.15) is 28.8 Å². The summed E-state index contributed by atoms with van der Waals surface area (Å²) >= 11 is 0. The molecule has 0 bridgehead atoms. The number of rotatable bonds is 5. The van der Waals surface area contributed by atoms with Crippen LogP contribution in [0.4, 0.5) is 0 Å². The monoisotopic (exact) mass is 263 g/mol. The van der Waals surface area contributed by atoms with Crippen molar-refractivity contribution in [3.63, 3.8) is 0 Å². The number of benzene rings is 1. The van der Waals surface area contributed by atoms with Crippen molar-refractivity contribution in [2.24, 2.45) is 11.8 Å². The second kappa shape index (κ2) is 6.65. The number of nitrogens with zero attached hydrogens (tertiary/aromatic N) is 1. The Morgan fingerprint density at radius 2 is 2.37 bits per heavy atom. The molecule has 1 aliphatic heterocycles. The van der Waals surface area contributed by atoms with Gasteiger partial charge in [0.2, 0.25) is 0 Å². The summed E-state index contributed by atoms with van der Waals surface area (Å²) in [7, 11) is 0. The van der Waals surface area contributed by atoms with Gasteiger partial charge < -0.3 is 5.11 Å². The molecule has 104 valence electrons. The highest BCUT2D eigenvalue weighted by Gasteiger charge is 2.21. The number of hydrazine groups is 1. The van der Waals surface area contributed by atoms with E-state index < -0.39 is 0 Å². The third kappa shape index (κ3) is 3.76. The van der Waals surface area contributed by atoms with E-state index in [1.54, 1.807) is 6.07 Å². The SMILES string of the molecule is NNC(=O)c1cccc(CN2CCC(CCO)C2)c1. The first kappa shape index (κ1) is 14.0. The number of likely N-dealkylation sites (tertiary alicyclic amines) is 1. The van der Waals surface area contributed by atoms with Gasteiger partial charge in [0.15, 0.2) is 0 Å². The van der Waals surface area contributed by atoms with Gasteiger partial charge in [0.1, 0.15) is 0 Å². The first-order valence-electron chi connectivity index (χ1n) is 6.66. The molecule has 0 spiro atoms. The average Bonchev–Trinajstić information content (AvgIpc) is 2.86. The topological polar surface area (TPSA) is 78.6 Å². The van der Waals surface area contributed by atoms with Crippen molar-refractivity contribution in [3.8, 4) is 0 Å². The van der Waals surface area contributed by atoms with Gasteiger partial charge in [-0.05, 0) is 43.0 Å². The standard InChI is InChI=1S/C14H21N3O2/c15-16-14(19)13-3-1-2-12(8-13)10-17-6-4-11(9-17)5-7-18/h1-3,8,11,18H,4-7,9-10,15H2,(H,16,19). The summed E-state index contributed by atoms with van der Waals surface area (Å²) in [5.41, 5.74) is 3.85. The average molecular weight is 263 g/mol. The normalized spacial score (nSPS) is 19.6. The predicted octanol–water partition coefficient (Wildman–Crippen LogP) is 0.494. The molecule has 5 nitrogen and oxygen atoms in total. The summed E-state index contributed by atoms with van der Waals surface area (Å²) in [5, 5.41) is 8.95. The van der Waals surface area contributed by atoms with Gasteiger partial charge in [0.25, 0.3) is 5.91 Å². The number of hydrogen-bond donors (Lipinski definition) is 3. The summed E-state index contributed by atoms with van der Waals surface area (Å²) in [6, 6.07) is 7.53. The van der Waals surface area contributed by atoms with E-state index in [4.69, 9.17) is 10.9 Å². The smallest absolute Gasteiger partial charge is 0.265 e. The molecular formula is C14H21N3O2. The molecule has 0 saturated carbocycles. The molecule has 1 aromatic rings. The molecule has 1 fully saturated rings. The van der Waals surface area contributed by atoms with Crippen LogP contribution in [0.5, 0.6) is 0 Å². The molecule has 1 atom stereocenters. The van der Waals surface area contributed by atoms with Crippen LogP contribution >= 0.6 is 0 Å². The van der Waals surface area contributed by atoms with Crippen LogP contribution in [-0.2, 0) is 6.54 Å². The lowest BCUT2D eigenvalue weighted by molar-refractivity contribution is 0.0953. The first-order valence-corrected chi connectivity index (χ1v) is 6.66. The lowest BCUT2D eigenvalue weighted by Gasteiger charge is -2.16. The Balaban J connectivity index is 1.94. The van der Waals surface area contributed by atoms with Crippen molar-refractivity contribution in [2.45, 2.75) is 19.4 Å². The second-order valence-corrected chi connectivity index (χ2v) is 5.08. The molecule has 1 amide bonds. The third-order valence-corrected chi connectivity index (χ3v) is 3.63. The lowest BCUT2D eigenvalue weighted by Crippen LogP contribution is -2.30. The Morgan fingerprint density at radius 1 is 1.53 bits per heavy atom.